The maximum absolute atomic E-state index is 13.6. The van der Waals surface area contributed by atoms with Gasteiger partial charge in [0.25, 0.3) is 5.91 Å². The van der Waals surface area contributed by atoms with Crippen molar-refractivity contribution in [2.75, 3.05) is 12.4 Å². The molecule has 0 aliphatic carbocycles. The first kappa shape index (κ1) is 16.9. The lowest BCUT2D eigenvalue weighted by atomic mass is 10.1. The standard InChI is InChI=1S/C17H14BrFN2O2/c1-20-17(23)13-4-2-3-5-15(13)21-16(22)9-6-11-10-12(18)7-8-14(11)19/h2-10H,1H3,(H,20,23)(H,21,22)/b9-6+. The zero-order valence-corrected chi connectivity index (χ0v) is 13.9. The van der Waals surface area contributed by atoms with Crippen molar-refractivity contribution in [2.24, 2.45) is 0 Å². The van der Waals surface area contributed by atoms with Gasteiger partial charge in [-0.05, 0) is 36.4 Å². The number of hydrogen-bond donors (Lipinski definition) is 2. The Kier molecular flexibility index (Phi) is 5.65. The SMILES string of the molecule is CNC(=O)c1ccccc1NC(=O)/C=C/c1cc(Br)ccc1F. The summed E-state index contributed by atoms with van der Waals surface area (Å²) in [6, 6.07) is 11.1. The Labute approximate surface area is 141 Å². The summed E-state index contributed by atoms with van der Waals surface area (Å²) in [5.41, 5.74) is 1.02. The van der Waals surface area contributed by atoms with Crippen LogP contribution in [0.4, 0.5) is 10.1 Å². The molecule has 0 saturated carbocycles. The minimum atomic E-state index is -0.458. The largest absolute Gasteiger partial charge is 0.355 e. The van der Waals surface area contributed by atoms with Gasteiger partial charge in [0.1, 0.15) is 5.82 Å². The van der Waals surface area contributed by atoms with Gasteiger partial charge < -0.3 is 10.6 Å². The average Bonchev–Trinajstić information content (AvgIpc) is 2.55. The van der Waals surface area contributed by atoms with E-state index in [1.165, 1.54) is 25.3 Å². The van der Waals surface area contributed by atoms with E-state index in [1.807, 2.05) is 0 Å². The van der Waals surface area contributed by atoms with Gasteiger partial charge in [0, 0.05) is 23.2 Å². The number of hydrogen-bond acceptors (Lipinski definition) is 2. The lowest BCUT2D eigenvalue weighted by molar-refractivity contribution is -0.111. The van der Waals surface area contributed by atoms with Crippen LogP contribution in [0.15, 0.2) is 53.0 Å². The number of nitrogens with one attached hydrogen (secondary N) is 2. The predicted octanol–water partition coefficient (Wildman–Crippen LogP) is 3.60. The monoisotopic (exact) mass is 376 g/mol. The minimum Gasteiger partial charge on any atom is -0.355 e. The van der Waals surface area contributed by atoms with E-state index >= 15 is 0 Å². The van der Waals surface area contributed by atoms with Crippen molar-refractivity contribution in [3.8, 4) is 0 Å². The second kappa shape index (κ2) is 7.69. The summed E-state index contributed by atoms with van der Waals surface area (Å²) in [5.74, 6) is -1.19. The fourth-order valence-corrected chi connectivity index (χ4v) is 2.29. The third-order valence-electron chi connectivity index (χ3n) is 3.03. The van der Waals surface area contributed by atoms with Crippen LogP contribution < -0.4 is 10.6 Å². The molecule has 0 aromatic heterocycles. The van der Waals surface area contributed by atoms with E-state index in [0.29, 0.717) is 15.7 Å². The lowest BCUT2D eigenvalue weighted by Gasteiger charge is -2.08. The molecule has 0 aliphatic heterocycles. The summed E-state index contributed by atoms with van der Waals surface area (Å²) in [4.78, 5) is 23.7. The van der Waals surface area contributed by atoms with Crippen LogP contribution in [0.1, 0.15) is 15.9 Å². The zero-order chi connectivity index (χ0) is 16.8. The number of para-hydroxylation sites is 1. The second-order valence-electron chi connectivity index (χ2n) is 4.61. The number of anilines is 1. The molecule has 0 unspecified atom stereocenters. The van der Waals surface area contributed by atoms with E-state index in [-0.39, 0.29) is 11.5 Å². The van der Waals surface area contributed by atoms with Gasteiger partial charge in [-0.15, -0.1) is 0 Å². The first-order valence-electron chi connectivity index (χ1n) is 6.76. The van der Waals surface area contributed by atoms with Crippen LogP contribution in [0.3, 0.4) is 0 Å². The van der Waals surface area contributed by atoms with Gasteiger partial charge in [0.2, 0.25) is 5.91 Å². The van der Waals surface area contributed by atoms with Crippen LogP contribution in [0.25, 0.3) is 6.08 Å². The Bertz CT molecular complexity index is 775. The van der Waals surface area contributed by atoms with Crippen LogP contribution in [-0.4, -0.2) is 18.9 Å². The normalized spacial score (nSPS) is 10.6. The zero-order valence-electron chi connectivity index (χ0n) is 12.3. The maximum atomic E-state index is 13.6. The van der Waals surface area contributed by atoms with Gasteiger partial charge in [0.15, 0.2) is 0 Å². The van der Waals surface area contributed by atoms with E-state index in [9.17, 15) is 14.0 Å². The molecule has 2 N–H and O–H groups in total. The summed E-state index contributed by atoms with van der Waals surface area (Å²) in [7, 11) is 1.51. The van der Waals surface area contributed by atoms with Crippen LogP contribution in [0.5, 0.6) is 0 Å². The molecule has 0 saturated heterocycles. The molecule has 4 nitrogen and oxygen atoms in total. The molecule has 0 atom stereocenters. The molecule has 2 aromatic rings. The number of halogens is 2. The molecule has 0 bridgehead atoms. The molecule has 0 radical (unpaired) electrons. The van der Waals surface area contributed by atoms with Crippen LogP contribution in [0, 0.1) is 5.82 Å². The van der Waals surface area contributed by atoms with Crippen molar-refractivity contribution < 1.29 is 14.0 Å². The maximum Gasteiger partial charge on any atom is 0.253 e. The smallest absolute Gasteiger partial charge is 0.253 e. The Balaban J connectivity index is 2.16. The van der Waals surface area contributed by atoms with Crippen molar-refractivity contribution in [3.63, 3.8) is 0 Å². The van der Waals surface area contributed by atoms with Gasteiger partial charge in [-0.1, -0.05) is 28.1 Å². The molecule has 2 aromatic carbocycles. The highest BCUT2D eigenvalue weighted by Gasteiger charge is 2.10. The van der Waals surface area contributed by atoms with Gasteiger partial charge >= 0.3 is 0 Å². The summed E-state index contributed by atoms with van der Waals surface area (Å²) >= 11 is 3.24. The molecular weight excluding hydrogens is 363 g/mol. The molecule has 23 heavy (non-hydrogen) atoms. The summed E-state index contributed by atoms with van der Waals surface area (Å²) in [6.45, 7) is 0. The third kappa shape index (κ3) is 4.50. The average molecular weight is 377 g/mol. The van der Waals surface area contributed by atoms with Crippen LogP contribution >= 0.6 is 15.9 Å². The van der Waals surface area contributed by atoms with E-state index in [2.05, 4.69) is 26.6 Å². The number of carbonyl (C=O) groups is 2. The number of carbonyl (C=O) groups excluding carboxylic acids is 2. The summed E-state index contributed by atoms with van der Waals surface area (Å²) < 4.78 is 14.3. The Morgan fingerprint density at radius 2 is 1.91 bits per heavy atom. The van der Waals surface area contributed by atoms with E-state index < -0.39 is 11.7 Å². The third-order valence-corrected chi connectivity index (χ3v) is 3.52. The Morgan fingerprint density at radius 1 is 1.17 bits per heavy atom. The van der Waals surface area contributed by atoms with Crippen molar-refractivity contribution >= 4 is 39.5 Å². The molecule has 0 spiro atoms. The van der Waals surface area contributed by atoms with Gasteiger partial charge in [-0.2, -0.15) is 0 Å². The molecule has 0 heterocycles. The van der Waals surface area contributed by atoms with Crippen molar-refractivity contribution in [3.05, 3.63) is 70.0 Å². The van der Waals surface area contributed by atoms with Gasteiger partial charge in [-0.3, -0.25) is 9.59 Å². The van der Waals surface area contributed by atoms with Crippen LogP contribution in [0.2, 0.25) is 0 Å². The summed E-state index contributed by atoms with van der Waals surface area (Å²) in [5, 5.41) is 5.11. The highest BCUT2D eigenvalue weighted by molar-refractivity contribution is 9.10. The molecule has 2 rings (SSSR count). The Morgan fingerprint density at radius 3 is 2.65 bits per heavy atom. The van der Waals surface area contributed by atoms with Crippen LogP contribution in [-0.2, 0) is 4.79 Å². The van der Waals surface area contributed by atoms with Crippen molar-refractivity contribution in [1.29, 1.82) is 0 Å². The Hall–Kier alpha value is -2.47. The molecule has 2 amide bonds. The quantitative estimate of drug-likeness (QED) is 0.800. The molecule has 0 fully saturated rings. The number of amides is 2. The van der Waals surface area contributed by atoms with E-state index in [1.54, 1.807) is 36.4 Å². The molecule has 118 valence electrons. The van der Waals surface area contributed by atoms with Crippen molar-refractivity contribution in [1.82, 2.24) is 5.32 Å². The van der Waals surface area contributed by atoms with Gasteiger partial charge in [0.05, 0.1) is 11.3 Å². The molecule has 0 aliphatic rings. The molecule has 6 heteroatoms. The number of rotatable bonds is 4. The highest BCUT2D eigenvalue weighted by atomic mass is 79.9. The minimum absolute atomic E-state index is 0.286. The predicted molar refractivity (Wildman–Crippen MR) is 91.6 cm³/mol. The first-order valence-corrected chi connectivity index (χ1v) is 7.56. The first-order chi connectivity index (χ1) is 11.0. The lowest BCUT2D eigenvalue weighted by Crippen LogP contribution is -2.20. The van der Waals surface area contributed by atoms with E-state index in [4.69, 9.17) is 0 Å². The van der Waals surface area contributed by atoms with Gasteiger partial charge in [-0.25, -0.2) is 4.39 Å². The highest BCUT2D eigenvalue weighted by Crippen LogP contribution is 2.18. The van der Waals surface area contributed by atoms with Crippen molar-refractivity contribution in [2.45, 2.75) is 0 Å². The fraction of sp³-hybridized carbons (Fsp3) is 0.0588. The summed E-state index contributed by atoms with van der Waals surface area (Å²) in [6.07, 6.45) is 2.59. The number of benzene rings is 2. The fourth-order valence-electron chi connectivity index (χ4n) is 1.91. The molecular formula is C17H14BrFN2O2. The topological polar surface area (TPSA) is 58.2 Å². The second-order valence-corrected chi connectivity index (χ2v) is 5.53. The van der Waals surface area contributed by atoms with E-state index in [0.717, 1.165) is 0 Å².